The molecule has 1 unspecified atom stereocenters. The Labute approximate surface area is 263 Å². The number of hydrogen-bond acceptors (Lipinski definition) is 7. The Bertz CT molecular complexity index is 1670. The molecule has 1 aliphatic heterocycles. The molecule has 1 saturated heterocycles. The summed E-state index contributed by atoms with van der Waals surface area (Å²) in [5.74, 6) is 0.581. The zero-order valence-corrected chi connectivity index (χ0v) is 25.8. The van der Waals surface area contributed by atoms with Gasteiger partial charge in [0, 0.05) is 48.8 Å². The number of fused-ring (bicyclic) bond motifs is 1. The molecule has 0 aliphatic carbocycles. The van der Waals surface area contributed by atoms with Gasteiger partial charge in [-0.05, 0) is 65.9 Å². The number of rotatable bonds is 11. The van der Waals surface area contributed by atoms with Crippen molar-refractivity contribution in [3.63, 3.8) is 0 Å². The first kappa shape index (κ1) is 32.3. The van der Waals surface area contributed by atoms with E-state index in [9.17, 15) is 23.1 Å². The van der Waals surface area contributed by atoms with Gasteiger partial charge < -0.3 is 23.9 Å². The maximum atomic E-state index is 14.8. The highest BCUT2D eigenvalue weighted by Gasteiger charge is 2.57. The first-order chi connectivity index (χ1) is 21.5. The molecule has 8 nitrogen and oxygen atoms in total. The average Bonchev–Trinajstić information content (AvgIpc) is 3.66. The molecule has 2 aromatic carbocycles. The second-order valence-corrected chi connectivity index (χ2v) is 11.8. The summed E-state index contributed by atoms with van der Waals surface area (Å²) in [6, 6.07) is 11.6. The van der Waals surface area contributed by atoms with E-state index in [4.69, 9.17) is 20.8 Å². The molecule has 4 aromatic rings. The van der Waals surface area contributed by atoms with E-state index in [0.717, 1.165) is 5.56 Å². The number of halogens is 3. The maximum Gasteiger partial charge on any atom is 0.422 e. The van der Waals surface area contributed by atoms with Gasteiger partial charge in [0.1, 0.15) is 6.10 Å². The summed E-state index contributed by atoms with van der Waals surface area (Å²) in [7, 11) is 1.50. The molecule has 0 spiro atoms. The lowest BCUT2D eigenvalue weighted by atomic mass is 9.91. The number of methoxy groups -OCH3 is 1. The fourth-order valence-corrected chi connectivity index (χ4v) is 6.36. The zero-order valence-electron chi connectivity index (χ0n) is 25.0. The van der Waals surface area contributed by atoms with Gasteiger partial charge in [-0.25, -0.2) is 4.85 Å². The number of alkyl halides is 3. The lowest BCUT2D eigenvalue weighted by molar-refractivity contribution is -0.272. The summed E-state index contributed by atoms with van der Waals surface area (Å²) in [6.07, 6.45) is -2.88. The van der Waals surface area contributed by atoms with E-state index in [2.05, 4.69) is 4.85 Å². The molecule has 12 heteroatoms. The molecule has 2 aromatic heterocycles. The normalized spacial score (nSPS) is 15.8. The Morgan fingerprint density at radius 3 is 2.53 bits per heavy atom. The van der Waals surface area contributed by atoms with Crippen molar-refractivity contribution in [3.8, 4) is 11.5 Å². The number of thiophene rings is 1. The summed E-state index contributed by atoms with van der Waals surface area (Å²) in [6.45, 7) is 9.65. The topological polar surface area (TPSA) is 77.5 Å². The molecular formula is C33H34F3N3O5S. The average molecular weight is 642 g/mol. The van der Waals surface area contributed by atoms with E-state index in [1.54, 1.807) is 40.7 Å². The fourth-order valence-electron chi connectivity index (χ4n) is 5.70. The highest BCUT2D eigenvalue weighted by atomic mass is 32.1. The van der Waals surface area contributed by atoms with Crippen molar-refractivity contribution >= 4 is 33.9 Å². The summed E-state index contributed by atoms with van der Waals surface area (Å²) >= 11 is 1.49. The van der Waals surface area contributed by atoms with E-state index in [1.807, 2.05) is 16.8 Å². The van der Waals surface area contributed by atoms with Crippen molar-refractivity contribution in [2.45, 2.75) is 50.6 Å². The van der Waals surface area contributed by atoms with Crippen LogP contribution in [0.5, 0.6) is 11.5 Å². The van der Waals surface area contributed by atoms with E-state index >= 15 is 0 Å². The first-order valence-corrected chi connectivity index (χ1v) is 15.5. The molecular weight excluding hydrogens is 607 g/mol. The van der Waals surface area contributed by atoms with Crippen molar-refractivity contribution in [3.05, 3.63) is 87.5 Å². The van der Waals surface area contributed by atoms with Gasteiger partial charge in [-0.15, -0.1) is 0 Å². The van der Waals surface area contributed by atoms with Crippen LogP contribution >= 0.6 is 11.3 Å². The standard InChI is InChI=1S/C33H34F3N3O5S/c1-4-43-31(40)16-22-5-8-29(30(15-22)42-3)44-25-9-12-38(13-10-25)21-32(41,33(34,35)36)27-19-39(18-23-11-14-45-20-23)28-17-24(37-2)6-7-26(27)28/h5-8,11,14-15,17,19-20,25,41H,4,9-10,12-13,16,18,21H2,1,3H3. The van der Waals surface area contributed by atoms with Gasteiger partial charge in [0.05, 0.1) is 26.7 Å². The van der Waals surface area contributed by atoms with Crippen molar-refractivity contribution < 1.29 is 37.3 Å². The number of esters is 1. The number of piperidine rings is 1. The van der Waals surface area contributed by atoms with Crippen molar-refractivity contribution in [2.24, 2.45) is 0 Å². The Hall–Kier alpha value is -4.05. The highest BCUT2D eigenvalue weighted by molar-refractivity contribution is 7.07. The Balaban J connectivity index is 1.32. The van der Waals surface area contributed by atoms with Crippen LogP contribution in [0.25, 0.3) is 15.7 Å². The number of likely N-dealkylation sites (tertiary alicyclic amines) is 1. The SMILES string of the molecule is [C-]#[N+]c1ccc2c(C(O)(CN3CCC(Oc4ccc(CC(=O)OCC)cc4OC)CC3)C(F)(F)F)cn(Cc3ccsc3)c2c1. The summed E-state index contributed by atoms with van der Waals surface area (Å²) in [5.41, 5.74) is -0.984. The summed E-state index contributed by atoms with van der Waals surface area (Å²) in [5, 5.41) is 15.6. The van der Waals surface area contributed by atoms with E-state index in [0.29, 0.717) is 54.3 Å². The lowest BCUT2D eigenvalue weighted by Gasteiger charge is -2.39. The molecule has 1 N–H and O–H groups in total. The van der Waals surface area contributed by atoms with Gasteiger partial charge in [0.2, 0.25) is 5.60 Å². The minimum Gasteiger partial charge on any atom is -0.493 e. The van der Waals surface area contributed by atoms with Gasteiger partial charge >= 0.3 is 12.1 Å². The van der Waals surface area contributed by atoms with Crippen LogP contribution in [0.1, 0.15) is 36.5 Å². The monoisotopic (exact) mass is 641 g/mol. The number of aromatic nitrogens is 1. The van der Waals surface area contributed by atoms with E-state index in [-0.39, 0.29) is 42.5 Å². The molecule has 3 heterocycles. The number of aliphatic hydroxyl groups is 1. The van der Waals surface area contributed by atoms with Crippen LogP contribution in [0.4, 0.5) is 18.9 Å². The first-order valence-electron chi connectivity index (χ1n) is 14.6. The van der Waals surface area contributed by atoms with Crippen molar-refractivity contribution in [1.29, 1.82) is 0 Å². The third-order valence-electron chi connectivity index (χ3n) is 8.00. The predicted octanol–water partition coefficient (Wildman–Crippen LogP) is 6.71. The third-order valence-corrected chi connectivity index (χ3v) is 8.74. The van der Waals surface area contributed by atoms with Crippen LogP contribution in [-0.2, 0) is 28.1 Å². The molecule has 0 radical (unpaired) electrons. The Morgan fingerprint density at radius 2 is 1.89 bits per heavy atom. The fraction of sp³-hybridized carbons (Fsp3) is 0.394. The van der Waals surface area contributed by atoms with Gasteiger partial charge in [-0.3, -0.25) is 9.69 Å². The maximum absolute atomic E-state index is 14.8. The molecule has 45 heavy (non-hydrogen) atoms. The van der Waals surface area contributed by atoms with Crippen LogP contribution in [0.15, 0.2) is 59.4 Å². The molecule has 0 bridgehead atoms. The van der Waals surface area contributed by atoms with Crippen LogP contribution in [0.2, 0.25) is 0 Å². The van der Waals surface area contributed by atoms with Gasteiger partial charge in [-0.1, -0.05) is 18.2 Å². The highest BCUT2D eigenvalue weighted by Crippen LogP contribution is 2.44. The molecule has 1 atom stereocenters. The van der Waals surface area contributed by atoms with Gasteiger partial charge in [0.15, 0.2) is 17.2 Å². The second-order valence-electron chi connectivity index (χ2n) is 11.0. The molecule has 1 aliphatic rings. The minimum atomic E-state index is -4.96. The number of carbonyl (C=O) groups excluding carboxylic acids is 1. The van der Waals surface area contributed by atoms with Crippen LogP contribution in [0.3, 0.4) is 0 Å². The largest absolute Gasteiger partial charge is 0.493 e. The van der Waals surface area contributed by atoms with E-state index in [1.165, 1.54) is 36.8 Å². The summed E-state index contributed by atoms with van der Waals surface area (Å²) < 4.78 is 62.7. The molecule has 0 amide bonds. The minimum absolute atomic E-state index is 0.0956. The molecule has 0 saturated carbocycles. The van der Waals surface area contributed by atoms with Gasteiger partial charge in [-0.2, -0.15) is 24.5 Å². The Morgan fingerprint density at radius 1 is 1.11 bits per heavy atom. The summed E-state index contributed by atoms with van der Waals surface area (Å²) in [4.78, 5) is 16.9. The smallest absolute Gasteiger partial charge is 0.422 e. The quantitative estimate of drug-likeness (QED) is 0.145. The van der Waals surface area contributed by atoms with Crippen LogP contribution in [-0.4, -0.2) is 66.2 Å². The number of ether oxygens (including phenoxy) is 3. The number of benzene rings is 2. The second kappa shape index (κ2) is 13.5. The van der Waals surface area contributed by atoms with Crippen LogP contribution in [0, 0.1) is 6.57 Å². The molecule has 5 rings (SSSR count). The Kier molecular flexibility index (Phi) is 9.72. The van der Waals surface area contributed by atoms with Crippen molar-refractivity contribution in [2.75, 3.05) is 33.4 Å². The third kappa shape index (κ3) is 7.11. The number of hydrogen-bond donors (Lipinski definition) is 1. The number of nitrogens with zero attached hydrogens (tertiary/aromatic N) is 3. The lowest BCUT2D eigenvalue weighted by Crippen LogP contribution is -2.53. The number of β-amino-alcohol motifs (C(OH)–C–C–N with tert-alkyl or cyclic N) is 1. The van der Waals surface area contributed by atoms with Crippen LogP contribution < -0.4 is 9.47 Å². The molecule has 238 valence electrons. The zero-order chi connectivity index (χ0) is 32.2. The molecule has 1 fully saturated rings. The van der Waals surface area contributed by atoms with Crippen molar-refractivity contribution in [1.82, 2.24) is 9.47 Å². The number of carbonyl (C=O) groups is 1. The van der Waals surface area contributed by atoms with E-state index < -0.39 is 18.3 Å². The van der Waals surface area contributed by atoms with Gasteiger partial charge in [0.25, 0.3) is 0 Å². The predicted molar refractivity (Wildman–Crippen MR) is 165 cm³/mol.